The van der Waals surface area contributed by atoms with Gasteiger partial charge in [0.25, 0.3) is 0 Å². The molecular formula is C30H32N6O5S. The fraction of sp³-hybridized carbons (Fsp3) is 0.367. The average Bonchev–Trinajstić information content (AvgIpc) is 3.77. The highest BCUT2D eigenvalue weighted by atomic mass is 32.1. The van der Waals surface area contributed by atoms with Gasteiger partial charge in [0, 0.05) is 6.54 Å². The normalized spacial score (nSPS) is 23.4. The van der Waals surface area contributed by atoms with E-state index in [0.29, 0.717) is 34.8 Å². The molecule has 5 atom stereocenters. The molecule has 1 aliphatic heterocycles. The largest absolute Gasteiger partial charge is 0.477 e. The van der Waals surface area contributed by atoms with Crippen LogP contribution >= 0.6 is 11.3 Å². The third kappa shape index (κ3) is 5.78. The number of carbonyl (C=O) groups excluding carboxylic acids is 1. The van der Waals surface area contributed by atoms with E-state index in [0.717, 1.165) is 30.4 Å². The van der Waals surface area contributed by atoms with Crippen LogP contribution in [0.5, 0.6) is 0 Å². The van der Waals surface area contributed by atoms with Gasteiger partial charge in [-0.1, -0.05) is 36.4 Å². The second kappa shape index (κ2) is 12.4. The topological polar surface area (TPSA) is 140 Å². The number of aryl methyl sites for hydroxylation is 1. The molecule has 1 saturated heterocycles. The van der Waals surface area contributed by atoms with Gasteiger partial charge >= 0.3 is 12.0 Å². The van der Waals surface area contributed by atoms with Crippen LogP contribution in [0.15, 0.2) is 60.5 Å². The summed E-state index contributed by atoms with van der Waals surface area (Å²) in [5.41, 5.74) is 3.04. The molecule has 42 heavy (non-hydrogen) atoms. The molecule has 11 nitrogen and oxygen atoms in total. The molecule has 1 aromatic carbocycles. The Labute approximate surface area is 246 Å². The number of imidazole rings is 1. The van der Waals surface area contributed by atoms with Crippen molar-refractivity contribution in [3.63, 3.8) is 0 Å². The maximum absolute atomic E-state index is 12.2. The van der Waals surface area contributed by atoms with Gasteiger partial charge in [-0.15, -0.1) is 11.3 Å². The first-order valence-corrected chi connectivity index (χ1v) is 15.0. The quantitative estimate of drug-likeness (QED) is 0.232. The Bertz CT molecular complexity index is 1590. The number of urea groups is 1. The second-order valence-electron chi connectivity index (χ2n) is 10.4. The van der Waals surface area contributed by atoms with Crippen molar-refractivity contribution in [3.05, 3.63) is 76.5 Å². The first kappa shape index (κ1) is 28.0. The molecule has 2 fully saturated rings. The Morgan fingerprint density at radius 1 is 1.14 bits per heavy atom. The van der Waals surface area contributed by atoms with Crippen LogP contribution < -0.4 is 10.6 Å². The van der Waals surface area contributed by atoms with Gasteiger partial charge in [0.05, 0.1) is 18.5 Å². The van der Waals surface area contributed by atoms with Crippen LogP contribution in [0.25, 0.3) is 17.2 Å². The summed E-state index contributed by atoms with van der Waals surface area (Å²) in [4.78, 5) is 37.4. The predicted molar refractivity (Wildman–Crippen MR) is 158 cm³/mol. The number of nitrogens with zero attached hydrogens (tertiary/aromatic N) is 4. The lowest BCUT2D eigenvalue weighted by Gasteiger charge is -2.19. The zero-order valence-electron chi connectivity index (χ0n) is 23.1. The van der Waals surface area contributed by atoms with Gasteiger partial charge in [0.2, 0.25) is 0 Å². The Morgan fingerprint density at radius 2 is 1.98 bits per heavy atom. The number of hydrogen-bond acceptors (Lipinski definition) is 8. The number of benzene rings is 1. The van der Waals surface area contributed by atoms with E-state index in [2.05, 4.69) is 25.6 Å². The molecule has 3 aromatic heterocycles. The van der Waals surface area contributed by atoms with Gasteiger partial charge < -0.3 is 24.5 Å². The molecule has 0 spiro atoms. The van der Waals surface area contributed by atoms with Gasteiger partial charge in [-0.3, -0.25) is 5.32 Å². The van der Waals surface area contributed by atoms with E-state index < -0.39 is 12.3 Å². The van der Waals surface area contributed by atoms with E-state index in [1.807, 2.05) is 65.4 Å². The number of fused-ring (bicyclic) bond motifs is 2. The molecule has 1 saturated carbocycles. The zero-order valence-corrected chi connectivity index (χ0v) is 23.9. The molecule has 4 aromatic rings. The Hall–Kier alpha value is -4.13. The summed E-state index contributed by atoms with van der Waals surface area (Å²) in [6.45, 7) is 2.33. The number of thiophene rings is 1. The number of ether oxygens (including phenoxy) is 2. The fourth-order valence-electron chi connectivity index (χ4n) is 5.94. The van der Waals surface area contributed by atoms with Crippen molar-refractivity contribution in [2.45, 2.75) is 57.1 Å². The van der Waals surface area contributed by atoms with Crippen molar-refractivity contribution < 1.29 is 24.2 Å². The van der Waals surface area contributed by atoms with Gasteiger partial charge in [-0.05, 0) is 67.2 Å². The molecule has 12 heteroatoms. The smallest absolute Gasteiger partial charge is 0.346 e. The highest BCUT2D eigenvalue weighted by Crippen LogP contribution is 2.47. The molecule has 3 N–H and O–H groups in total. The van der Waals surface area contributed by atoms with Crippen LogP contribution in [0.1, 0.15) is 53.0 Å². The van der Waals surface area contributed by atoms with Gasteiger partial charge in [-0.25, -0.2) is 24.5 Å². The summed E-state index contributed by atoms with van der Waals surface area (Å²) in [5.74, 6) is -0.348. The number of anilines is 1. The van der Waals surface area contributed by atoms with E-state index in [-0.39, 0.29) is 30.2 Å². The molecular weight excluding hydrogens is 556 g/mol. The van der Waals surface area contributed by atoms with Crippen LogP contribution in [0.3, 0.4) is 0 Å². The van der Waals surface area contributed by atoms with Crippen molar-refractivity contribution in [2.75, 3.05) is 11.9 Å². The van der Waals surface area contributed by atoms with Crippen molar-refractivity contribution in [1.29, 1.82) is 0 Å². The lowest BCUT2D eigenvalue weighted by Crippen LogP contribution is -2.28. The minimum absolute atomic E-state index is 0.0944. The summed E-state index contributed by atoms with van der Waals surface area (Å²) in [6.07, 6.45) is 9.38. The van der Waals surface area contributed by atoms with E-state index in [9.17, 15) is 14.7 Å². The SMILES string of the molecule is CCNC(=O)Nc1ncnc2c1ncn2C1CC(CCCc2ccsc2C(=O)O)C2O[C@H](C=Cc3ccccc3)OC21. The molecule has 0 radical (unpaired) electrons. The highest BCUT2D eigenvalue weighted by molar-refractivity contribution is 7.12. The summed E-state index contributed by atoms with van der Waals surface area (Å²) < 4.78 is 15.0. The molecule has 6 rings (SSSR count). The van der Waals surface area contributed by atoms with E-state index in [1.54, 1.807) is 6.33 Å². The number of rotatable bonds is 10. The highest BCUT2D eigenvalue weighted by Gasteiger charge is 2.51. The van der Waals surface area contributed by atoms with Gasteiger partial charge in [0.1, 0.15) is 17.3 Å². The van der Waals surface area contributed by atoms with E-state index in [4.69, 9.17) is 9.47 Å². The predicted octanol–water partition coefficient (Wildman–Crippen LogP) is 5.13. The molecule has 2 aliphatic rings. The first-order chi connectivity index (χ1) is 20.5. The van der Waals surface area contributed by atoms with Crippen LogP contribution in [0, 0.1) is 5.92 Å². The minimum Gasteiger partial charge on any atom is -0.477 e. The summed E-state index contributed by atoms with van der Waals surface area (Å²) in [6, 6.07) is 11.5. The third-order valence-corrected chi connectivity index (χ3v) is 8.73. The lowest BCUT2D eigenvalue weighted by atomic mass is 9.96. The number of amides is 2. The average molecular weight is 589 g/mol. The van der Waals surface area contributed by atoms with Crippen molar-refractivity contribution in [1.82, 2.24) is 24.8 Å². The van der Waals surface area contributed by atoms with Crippen LogP contribution in [0.4, 0.5) is 10.6 Å². The fourth-order valence-corrected chi connectivity index (χ4v) is 6.73. The summed E-state index contributed by atoms with van der Waals surface area (Å²) >= 11 is 1.26. The maximum Gasteiger partial charge on any atom is 0.346 e. The van der Waals surface area contributed by atoms with Crippen LogP contribution in [-0.4, -0.2) is 61.7 Å². The maximum atomic E-state index is 12.2. The van der Waals surface area contributed by atoms with Crippen molar-refractivity contribution in [3.8, 4) is 0 Å². The number of carboxylic acid groups (broad SMARTS) is 1. The molecule has 1 aliphatic carbocycles. The summed E-state index contributed by atoms with van der Waals surface area (Å²) in [7, 11) is 0. The Kier molecular flexibility index (Phi) is 8.27. The lowest BCUT2D eigenvalue weighted by molar-refractivity contribution is -0.0507. The van der Waals surface area contributed by atoms with Crippen LogP contribution in [0.2, 0.25) is 0 Å². The molecule has 0 bridgehead atoms. The number of hydrogen-bond donors (Lipinski definition) is 3. The molecule has 2 amide bonds. The monoisotopic (exact) mass is 588 g/mol. The number of carboxylic acids is 1. The van der Waals surface area contributed by atoms with Gasteiger partial charge in [0.15, 0.2) is 23.3 Å². The summed E-state index contributed by atoms with van der Waals surface area (Å²) in [5, 5.41) is 16.8. The standard InChI is InChI=1S/C30H32N6O5S/c1-2-31-30(39)35-27-23-28(33-16-32-27)36(17-34-23)21-15-20(10-6-9-19-13-14-42-26(19)29(37)38)24-25(21)41-22(40-24)12-11-18-7-4-3-5-8-18/h3-5,7-8,11-14,16-17,20-22,24-25H,2,6,9-10,15H2,1H3,(H,37,38)(H2,31,32,33,35,39)/t20?,21?,22-,24?,25?/m0/s1. The zero-order chi connectivity index (χ0) is 29.1. The minimum atomic E-state index is -0.878. The Morgan fingerprint density at radius 3 is 2.79 bits per heavy atom. The van der Waals surface area contributed by atoms with Crippen molar-refractivity contribution >= 4 is 46.4 Å². The number of carbonyl (C=O) groups is 2. The second-order valence-corrected chi connectivity index (χ2v) is 11.3. The van der Waals surface area contributed by atoms with Crippen molar-refractivity contribution in [2.24, 2.45) is 5.92 Å². The molecule has 218 valence electrons. The third-order valence-electron chi connectivity index (χ3n) is 7.79. The van der Waals surface area contributed by atoms with Gasteiger partial charge in [-0.2, -0.15) is 0 Å². The molecule has 4 unspecified atom stereocenters. The first-order valence-electron chi connectivity index (χ1n) is 14.1. The molecule has 4 heterocycles. The number of aromatic carboxylic acids is 1. The number of aromatic nitrogens is 4. The Balaban J connectivity index is 1.23. The number of nitrogens with one attached hydrogen (secondary N) is 2. The van der Waals surface area contributed by atoms with Crippen LogP contribution in [-0.2, 0) is 15.9 Å². The van der Waals surface area contributed by atoms with E-state index in [1.165, 1.54) is 17.7 Å². The van der Waals surface area contributed by atoms with E-state index >= 15 is 0 Å².